The highest BCUT2D eigenvalue weighted by Gasteiger charge is 2.21. The number of rotatable bonds is 1. The predicted octanol–water partition coefficient (Wildman–Crippen LogP) is 3.31. The molecule has 0 spiro atoms. The van der Waals surface area contributed by atoms with Crippen LogP contribution in [-0.2, 0) is 12.8 Å². The molecule has 2 rings (SSSR count). The van der Waals surface area contributed by atoms with Crippen molar-refractivity contribution in [1.82, 2.24) is 0 Å². The normalized spacial score (nSPS) is 15.5. The maximum Gasteiger partial charge on any atom is 0.253 e. The first-order valence-electron chi connectivity index (χ1n) is 4.51. The van der Waals surface area contributed by atoms with E-state index in [-0.39, 0.29) is 5.24 Å². The minimum absolute atomic E-state index is 0.281. The zero-order chi connectivity index (χ0) is 9.42. The Labute approximate surface area is 86.7 Å². The van der Waals surface area contributed by atoms with Crippen molar-refractivity contribution in [2.75, 3.05) is 0 Å². The summed E-state index contributed by atoms with van der Waals surface area (Å²) in [6.07, 6.45) is 4.61. The van der Waals surface area contributed by atoms with Gasteiger partial charge in [0.2, 0.25) is 0 Å². The van der Waals surface area contributed by atoms with E-state index in [1.807, 2.05) is 6.92 Å². The maximum atomic E-state index is 11.2. The molecule has 0 N–H and O–H groups in total. The number of carbonyl (C=O) groups excluding carboxylic acids is 1. The van der Waals surface area contributed by atoms with Crippen LogP contribution in [0.25, 0.3) is 0 Å². The number of fused-ring (bicyclic) bond motifs is 1. The van der Waals surface area contributed by atoms with Crippen LogP contribution in [0, 0.1) is 6.92 Å². The molecule has 1 aromatic heterocycles. The van der Waals surface area contributed by atoms with E-state index in [1.165, 1.54) is 23.3 Å². The second-order valence-electron chi connectivity index (χ2n) is 3.42. The van der Waals surface area contributed by atoms with Gasteiger partial charge in [-0.15, -0.1) is 11.3 Å². The molecule has 1 nitrogen and oxygen atoms in total. The molecule has 0 atom stereocenters. The number of hydrogen-bond donors (Lipinski definition) is 0. The second-order valence-corrected chi connectivity index (χ2v) is 5.07. The van der Waals surface area contributed by atoms with Gasteiger partial charge in [-0.05, 0) is 49.8 Å². The number of aryl methyl sites for hydroxylation is 2. The van der Waals surface area contributed by atoms with E-state index in [0.717, 1.165) is 23.3 Å². The van der Waals surface area contributed by atoms with Crippen LogP contribution in [0.1, 0.15) is 38.5 Å². The molecule has 0 unspecified atom stereocenters. The molecule has 1 aliphatic carbocycles. The first kappa shape index (κ1) is 9.22. The Bertz CT molecular complexity index is 354. The Morgan fingerprint density at radius 1 is 1.38 bits per heavy atom. The Kier molecular flexibility index (Phi) is 2.43. The molecule has 1 heterocycles. The summed E-state index contributed by atoms with van der Waals surface area (Å²) in [7, 11) is 0. The van der Waals surface area contributed by atoms with Crippen LogP contribution >= 0.6 is 22.9 Å². The molecule has 1 aromatic rings. The summed E-state index contributed by atoms with van der Waals surface area (Å²) in [5, 5.41) is -0.281. The minimum Gasteiger partial charge on any atom is -0.276 e. The Hall–Kier alpha value is -0.340. The lowest BCUT2D eigenvalue weighted by Gasteiger charge is -2.10. The van der Waals surface area contributed by atoms with Crippen molar-refractivity contribution in [2.24, 2.45) is 0 Å². The zero-order valence-corrected chi connectivity index (χ0v) is 9.10. The molecule has 0 aliphatic heterocycles. The summed E-state index contributed by atoms with van der Waals surface area (Å²) in [5.41, 5.74) is 2.02. The zero-order valence-electron chi connectivity index (χ0n) is 7.52. The van der Waals surface area contributed by atoms with Gasteiger partial charge in [-0.3, -0.25) is 4.79 Å². The number of thiophene rings is 1. The molecule has 0 saturated heterocycles. The van der Waals surface area contributed by atoms with E-state index < -0.39 is 0 Å². The summed E-state index contributed by atoms with van der Waals surface area (Å²) in [6, 6.07) is 0. The van der Waals surface area contributed by atoms with Gasteiger partial charge in [0.05, 0.1) is 5.56 Å². The summed E-state index contributed by atoms with van der Waals surface area (Å²) in [6.45, 7) is 1.98. The van der Waals surface area contributed by atoms with E-state index in [9.17, 15) is 4.79 Å². The summed E-state index contributed by atoms with van der Waals surface area (Å²) in [4.78, 5) is 13.6. The van der Waals surface area contributed by atoms with Gasteiger partial charge in [0, 0.05) is 9.75 Å². The smallest absolute Gasteiger partial charge is 0.253 e. The number of carbonyl (C=O) groups is 1. The molecule has 0 bridgehead atoms. The van der Waals surface area contributed by atoms with Crippen LogP contribution in [0.15, 0.2) is 0 Å². The predicted molar refractivity (Wildman–Crippen MR) is 55.9 cm³/mol. The third-order valence-corrected chi connectivity index (χ3v) is 3.94. The van der Waals surface area contributed by atoms with Crippen LogP contribution in [0.3, 0.4) is 0 Å². The summed E-state index contributed by atoms with van der Waals surface area (Å²) in [5.74, 6) is 0. The SMILES string of the molecule is Cc1sc2c(c1C(=O)Cl)CCCC2. The standard InChI is InChI=1S/C10H11ClOS/c1-6-9(10(11)12)7-4-2-3-5-8(7)13-6/h2-5H2,1H3. The second kappa shape index (κ2) is 3.43. The highest BCUT2D eigenvalue weighted by atomic mass is 35.5. The van der Waals surface area contributed by atoms with E-state index in [0.29, 0.717) is 0 Å². The van der Waals surface area contributed by atoms with Gasteiger partial charge in [0.15, 0.2) is 0 Å². The topological polar surface area (TPSA) is 17.1 Å². The van der Waals surface area contributed by atoms with Crippen LogP contribution in [0.4, 0.5) is 0 Å². The maximum absolute atomic E-state index is 11.2. The van der Waals surface area contributed by atoms with Crippen molar-refractivity contribution < 1.29 is 4.79 Å². The third kappa shape index (κ3) is 1.53. The molecular weight excluding hydrogens is 204 g/mol. The molecule has 3 heteroatoms. The lowest BCUT2D eigenvalue weighted by atomic mass is 9.95. The Morgan fingerprint density at radius 3 is 2.77 bits per heavy atom. The largest absolute Gasteiger partial charge is 0.276 e. The van der Waals surface area contributed by atoms with Crippen molar-refractivity contribution in [3.63, 3.8) is 0 Å². The lowest BCUT2D eigenvalue weighted by Crippen LogP contribution is -2.03. The molecule has 0 radical (unpaired) electrons. The van der Waals surface area contributed by atoms with Gasteiger partial charge in [-0.1, -0.05) is 0 Å². The molecule has 70 valence electrons. The summed E-state index contributed by atoms with van der Waals surface area (Å²) >= 11 is 7.29. The number of hydrogen-bond acceptors (Lipinski definition) is 2. The van der Waals surface area contributed by atoms with Crippen LogP contribution in [0.5, 0.6) is 0 Å². The molecule has 0 saturated carbocycles. The molecular formula is C10H11ClOS. The van der Waals surface area contributed by atoms with Gasteiger partial charge in [0.25, 0.3) is 5.24 Å². The fraction of sp³-hybridized carbons (Fsp3) is 0.500. The van der Waals surface area contributed by atoms with Crippen molar-refractivity contribution in [1.29, 1.82) is 0 Å². The van der Waals surface area contributed by atoms with Crippen LogP contribution in [0.2, 0.25) is 0 Å². The van der Waals surface area contributed by atoms with Crippen molar-refractivity contribution >= 4 is 28.2 Å². The molecule has 0 amide bonds. The fourth-order valence-electron chi connectivity index (χ4n) is 1.96. The monoisotopic (exact) mass is 214 g/mol. The van der Waals surface area contributed by atoms with Gasteiger partial charge in [-0.2, -0.15) is 0 Å². The first-order chi connectivity index (χ1) is 6.20. The van der Waals surface area contributed by atoms with E-state index in [2.05, 4.69) is 0 Å². The van der Waals surface area contributed by atoms with Gasteiger partial charge in [-0.25, -0.2) is 0 Å². The minimum atomic E-state index is -0.281. The van der Waals surface area contributed by atoms with Crippen molar-refractivity contribution in [2.45, 2.75) is 32.6 Å². The van der Waals surface area contributed by atoms with E-state index in [4.69, 9.17) is 11.6 Å². The average Bonchev–Trinajstić information content (AvgIpc) is 2.39. The number of halogens is 1. The molecule has 13 heavy (non-hydrogen) atoms. The quantitative estimate of drug-likeness (QED) is 0.656. The Morgan fingerprint density at radius 2 is 2.08 bits per heavy atom. The highest BCUT2D eigenvalue weighted by Crippen LogP contribution is 2.34. The Balaban J connectivity index is 2.54. The van der Waals surface area contributed by atoms with Crippen molar-refractivity contribution in [3.05, 3.63) is 20.9 Å². The first-order valence-corrected chi connectivity index (χ1v) is 5.70. The third-order valence-electron chi connectivity index (χ3n) is 2.54. The lowest BCUT2D eigenvalue weighted by molar-refractivity contribution is 0.108. The van der Waals surface area contributed by atoms with E-state index in [1.54, 1.807) is 11.3 Å². The average molecular weight is 215 g/mol. The van der Waals surface area contributed by atoms with Gasteiger partial charge < -0.3 is 0 Å². The fourth-order valence-corrected chi connectivity index (χ4v) is 3.53. The molecule has 0 fully saturated rings. The van der Waals surface area contributed by atoms with Crippen LogP contribution in [-0.4, -0.2) is 5.24 Å². The molecule has 0 aromatic carbocycles. The van der Waals surface area contributed by atoms with E-state index >= 15 is 0 Å². The van der Waals surface area contributed by atoms with Gasteiger partial charge >= 0.3 is 0 Å². The van der Waals surface area contributed by atoms with Crippen LogP contribution < -0.4 is 0 Å². The van der Waals surface area contributed by atoms with Gasteiger partial charge in [0.1, 0.15) is 0 Å². The highest BCUT2D eigenvalue weighted by molar-refractivity contribution is 7.12. The van der Waals surface area contributed by atoms with Crippen molar-refractivity contribution in [3.8, 4) is 0 Å². The summed E-state index contributed by atoms with van der Waals surface area (Å²) < 4.78 is 0. The molecule has 1 aliphatic rings.